The third kappa shape index (κ3) is 3.14. The number of benzene rings is 1. The maximum Gasteiger partial charge on any atom is 0.337 e. The van der Waals surface area contributed by atoms with Gasteiger partial charge in [0.2, 0.25) is 0 Å². The molecule has 0 aromatic heterocycles. The highest BCUT2D eigenvalue weighted by Gasteiger charge is 2.32. The number of carboxylic acids is 1. The Bertz CT molecular complexity index is 555. The minimum absolute atomic E-state index is 0.0442. The number of amides is 2. The third-order valence-electron chi connectivity index (χ3n) is 3.03. The summed E-state index contributed by atoms with van der Waals surface area (Å²) in [4.78, 5) is 24.7. The summed E-state index contributed by atoms with van der Waals surface area (Å²) < 4.78 is 13.2. The molecule has 1 aliphatic carbocycles. The van der Waals surface area contributed by atoms with Crippen molar-refractivity contribution in [1.82, 2.24) is 4.90 Å². The number of carbonyl (C=O) groups is 2. The van der Waals surface area contributed by atoms with Crippen molar-refractivity contribution < 1.29 is 19.1 Å². The van der Waals surface area contributed by atoms with Gasteiger partial charge in [0.15, 0.2) is 0 Å². The van der Waals surface area contributed by atoms with Gasteiger partial charge in [-0.1, -0.05) is 6.08 Å². The van der Waals surface area contributed by atoms with E-state index in [1.165, 1.54) is 0 Å². The predicted molar refractivity (Wildman–Crippen MR) is 72.3 cm³/mol. The van der Waals surface area contributed by atoms with Gasteiger partial charge >= 0.3 is 12.0 Å². The van der Waals surface area contributed by atoms with E-state index in [2.05, 4.69) is 11.9 Å². The topological polar surface area (TPSA) is 69.6 Å². The van der Waals surface area contributed by atoms with Gasteiger partial charge in [-0.15, -0.1) is 6.58 Å². The number of hydrogen-bond acceptors (Lipinski definition) is 2. The van der Waals surface area contributed by atoms with E-state index in [1.54, 1.807) is 11.0 Å². The molecule has 0 heterocycles. The summed E-state index contributed by atoms with van der Waals surface area (Å²) in [5, 5.41) is 11.5. The van der Waals surface area contributed by atoms with Crippen molar-refractivity contribution in [3.63, 3.8) is 0 Å². The second kappa shape index (κ2) is 5.73. The molecule has 20 heavy (non-hydrogen) atoms. The Kier molecular flexibility index (Phi) is 4.02. The van der Waals surface area contributed by atoms with Gasteiger partial charge in [0.05, 0.1) is 11.3 Å². The number of carbonyl (C=O) groups excluding carboxylic acids is 1. The number of nitrogens with one attached hydrogen (secondary N) is 1. The van der Waals surface area contributed by atoms with E-state index in [0.29, 0.717) is 6.54 Å². The lowest BCUT2D eigenvalue weighted by Crippen LogP contribution is -2.37. The Balaban J connectivity index is 2.19. The van der Waals surface area contributed by atoms with Crippen molar-refractivity contribution in [1.29, 1.82) is 0 Å². The van der Waals surface area contributed by atoms with Crippen LogP contribution in [-0.4, -0.2) is 34.6 Å². The summed E-state index contributed by atoms with van der Waals surface area (Å²) in [5.41, 5.74) is -0.189. The lowest BCUT2D eigenvalue weighted by atomic mass is 10.1. The van der Waals surface area contributed by atoms with Crippen molar-refractivity contribution in [2.45, 2.75) is 18.9 Å². The standard InChI is InChI=1S/C14H15FN2O3/c1-2-7-17(10-4-5-10)14(20)16-12-8-9(15)3-6-11(12)13(18)19/h2-3,6,8,10H,1,4-5,7H2,(H,16,20)(H,18,19). The first-order valence-corrected chi connectivity index (χ1v) is 6.24. The molecule has 106 valence electrons. The maximum absolute atomic E-state index is 13.2. The molecule has 0 saturated heterocycles. The predicted octanol–water partition coefficient (Wildman–Crippen LogP) is 2.71. The number of rotatable bonds is 5. The van der Waals surface area contributed by atoms with E-state index in [1.807, 2.05) is 0 Å². The highest BCUT2D eigenvalue weighted by molar-refractivity contribution is 6.00. The van der Waals surface area contributed by atoms with Crippen LogP contribution in [0.2, 0.25) is 0 Å². The van der Waals surface area contributed by atoms with Crippen LogP contribution in [0.5, 0.6) is 0 Å². The van der Waals surface area contributed by atoms with Crippen LogP contribution in [0.3, 0.4) is 0 Å². The Morgan fingerprint density at radius 3 is 2.75 bits per heavy atom. The Labute approximate surface area is 115 Å². The van der Waals surface area contributed by atoms with Crippen LogP contribution in [0.1, 0.15) is 23.2 Å². The zero-order chi connectivity index (χ0) is 14.7. The highest BCUT2D eigenvalue weighted by atomic mass is 19.1. The van der Waals surface area contributed by atoms with Crippen LogP contribution >= 0.6 is 0 Å². The third-order valence-corrected chi connectivity index (χ3v) is 3.03. The van der Waals surface area contributed by atoms with E-state index in [-0.39, 0.29) is 17.3 Å². The quantitative estimate of drug-likeness (QED) is 0.814. The van der Waals surface area contributed by atoms with Crippen molar-refractivity contribution in [2.75, 3.05) is 11.9 Å². The smallest absolute Gasteiger partial charge is 0.337 e. The molecule has 2 N–H and O–H groups in total. The minimum atomic E-state index is -1.22. The summed E-state index contributed by atoms with van der Waals surface area (Å²) in [6.07, 6.45) is 3.42. The molecule has 5 nitrogen and oxygen atoms in total. The van der Waals surface area contributed by atoms with Gasteiger partial charge in [-0.25, -0.2) is 14.0 Å². The van der Waals surface area contributed by atoms with E-state index < -0.39 is 17.8 Å². The Morgan fingerprint density at radius 1 is 1.50 bits per heavy atom. The fourth-order valence-electron chi connectivity index (χ4n) is 1.92. The molecule has 1 saturated carbocycles. The summed E-state index contributed by atoms with van der Waals surface area (Å²) in [5.74, 6) is -1.83. The number of aromatic carboxylic acids is 1. The number of halogens is 1. The zero-order valence-corrected chi connectivity index (χ0v) is 10.8. The maximum atomic E-state index is 13.2. The van der Waals surface area contributed by atoms with E-state index in [9.17, 15) is 14.0 Å². The number of hydrogen-bond donors (Lipinski definition) is 2. The normalized spacial score (nSPS) is 13.7. The van der Waals surface area contributed by atoms with Gasteiger partial charge in [-0.05, 0) is 31.0 Å². The molecule has 0 unspecified atom stereocenters. The van der Waals surface area contributed by atoms with E-state index >= 15 is 0 Å². The summed E-state index contributed by atoms with van der Waals surface area (Å²) >= 11 is 0. The van der Waals surface area contributed by atoms with E-state index in [4.69, 9.17) is 5.11 Å². The Hall–Kier alpha value is -2.37. The van der Waals surface area contributed by atoms with Gasteiger partial charge in [-0.2, -0.15) is 0 Å². The summed E-state index contributed by atoms with van der Waals surface area (Å²) in [6, 6.07) is 2.87. The molecule has 2 amide bonds. The minimum Gasteiger partial charge on any atom is -0.478 e. The molecule has 1 aliphatic rings. The first-order chi connectivity index (χ1) is 9.52. The molecule has 0 atom stereocenters. The molecule has 0 radical (unpaired) electrons. The van der Waals surface area contributed by atoms with Crippen molar-refractivity contribution in [2.24, 2.45) is 0 Å². The van der Waals surface area contributed by atoms with Gasteiger partial charge in [-0.3, -0.25) is 0 Å². The second-order valence-electron chi connectivity index (χ2n) is 4.60. The fourth-order valence-corrected chi connectivity index (χ4v) is 1.92. The largest absolute Gasteiger partial charge is 0.478 e. The van der Waals surface area contributed by atoms with Gasteiger partial charge in [0.1, 0.15) is 5.82 Å². The zero-order valence-electron chi connectivity index (χ0n) is 10.8. The second-order valence-corrected chi connectivity index (χ2v) is 4.60. The van der Waals surface area contributed by atoms with Crippen LogP contribution in [0.4, 0.5) is 14.9 Å². The molecule has 0 aliphatic heterocycles. The summed E-state index contributed by atoms with van der Waals surface area (Å²) in [6.45, 7) is 3.95. The molecule has 2 rings (SSSR count). The first-order valence-electron chi connectivity index (χ1n) is 6.24. The molecule has 1 aromatic rings. The number of nitrogens with zero attached hydrogens (tertiary/aromatic N) is 1. The van der Waals surface area contributed by atoms with Crippen LogP contribution in [0.25, 0.3) is 0 Å². The average molecular weight is 278 g/mol. The molecule has 0 spiro atoms. The lowest BCUT2D eigenvalue weighted by molar-refractivity contribution is 0.0698. The molecule has 1 fully saturated rings. The van der Waals surface area contributed by atoms with Crippen LogP contribution in [0, 0.1) is 5.82 Å². The van der Waals surface area contributed by atoms with Crippen LogP contribution in [-0.2, 0) is 0 Å². The van der Waals surface area contributed by atoms with Crippen molar-refractivity contribution in [3.8, 4) is 0 Å². The molecule has 1 aromatic carbocycles. The average Bonchev–Trinajstić information content (AvgIpc) is 3.19. The lowest BCUT2D eigenvalue weighted by Gasteiger charge is -2.21. The highest BCUT2D eigenvalue weighted by Crippen LogP contribution is 2.28. The molecule has 6 heteroatoms. The van der Waals surface area contributed by atoms with Gasteiger partial charge < -0.3 is 15.3 Å². The van der Waals surface area contributed by atoms with Gasteiger partial charge in [0.25, 0.3) is 0 Å². The fraction of sp³-hybridized carbons (Fsp3) is 0.286. The van der Waals surface area contributed by atoms with Crippen molar-refractivity contribution in [3.05, 3.63) is 42.2 Å². The molecular weight excluding hydrogens is 263 g/mol. The first kappa shape index (κ1) is 14.0. The van der Waals surface area contributed by atoms with Crippen LogP contribution in [0.15, 0.2) is 30.9 Å². The molecular formula is C14H15FN2O3. The SMILES string of the molecule is C=CCN(C(=O)Nc1cc(F)ccc1C(=O)O)C1CC1. The number of carboxylic acid groups (broad SMARTS) is 1. The van der Waals surface area contributed by atoms with E-state index in [0.717, 1.165) is 31.0 Å². The summed E-state index contributed by atoms with van der Waals surface area (Å²) in [7, 11) is 0. The Morgan fingerprint density at radius 2 is 2.20 bits per heavy atom. The van der Waals surface area contributed by atoms with Crippen LogP contribution < -0.4 is 5.32 Å². The monoisotopic (exact) mass is 278 g/mol. The number of urea groups is 1. The van der Waals surface area contributed by atoms with Gasteiger partial charge in [0, 0.05) is 12.6 Å². The molecule has 0 bridgehead atoms. The van der Waals surface area contributed by atoms with Crippen molar-refractivity contribution >= 4 is 17.7 Å². The number of anilines is 1.